The summed E-state index contributed by atoms with van der Waals surface area (Å²) in [5.41, 5.74) is 7.33. The van der Waals surface area contributed by atoms with E-state index in [9.17, 15) is 4.79 Å². The van der Waals surface area contributed by atoms with Crippen molar-refractivity contribution < 1.29 is 9.53 Å². The van der Waals surface area contributed by atoms with E-state index in [2.05, 4.69) is 5.32 Å². The first kappa shape index (κ1) is 11.4. The van der Waals surface area contributed by atoms with Gasteiger partial charge in [0.25, 0.3) is 0 Å². The normalized spacial score (nSPS) is 9.73. The third kappa shape index (κ3) is 3.89. The van der Waals surface area contributed by atoms with Gasteiger partial charge in [-0.25, -0.2) is 0 Å². The van der Waals surface area contributed by atoms with Gasteiger partial charge in [0.1, 0.15) is 12.4 Å². The van der Waals surface area contributed by atoms with E-state index in [-0.39, 0.29) is 5.91 Å². The minimum atomic E-state index is -0.0485. The summed E-state index contributed by atoms with van der Waals surface area (Å²) in [4.78, 5) is 10.6. The Hall–Kier alpha value is -1.71. The lowest BCUT2D eigenvalue weighted by atomic mass is 10.2. The van der Waals surface area contributed by atoms with Gasteiger partial charge >= 0.3 is 0 Å². The number of carbonyl (C=O) groups excluding carboxylic acids is 1. The average molecular weight is 208 g/mol. The molecule has 4 heteroatoms. The molecule has 0 aliphatic carbocycles. The van der Waals surface area contributed by atoms with Gasteiger partial charge in [0.2, 0.25) is 5.91 Å². The van der Waals surface area contributed by atoms with E-state index in [1.807, 2.05) is 19.1 Å². The van der Waals surface area contributed by atoms with Crippen molar-refractivity contribution in [3.05, 3.63) is 23.8 Å². The van der Waals surface area contributed by atoms with E-state index >= 15 is 0 Å². The van der Waals surface area contributed by atoms with Gasteiger partial charge in [-0.05, 0) is 30.7 Å². The molecular weight excluding hydrogens is 192 g/mol. The molecule has 4 nitrogen and oxygen atoms in total. The van der Waals surface area contributed by atoms with Crippen molar-refractivity contribution in [2.75, 3.05) is 18.9 Å². The number of rotatable bonds is 4. The van der Waals surface area contributed by atoms with Gasteiger partial charge in [-0.3, -0.25) is 4.79 Å². The lowest BCUT2D eigenvalue weighted by Gasteiger charge is -2.09. The number of nitrogens with two attached hydrogens (primary N) is 1. The van der Waals surface area contributed by atoms with E-state index in [0.717, 1.165) is 17.0 Å². The standard InChI is InChI=1S/C11H16N2O2/c1-8-7-10(12)3-4-11(8)15-6-5-13-9(2)14/h3-4,7H,5-6,12H2,1-2H3,(H,13,14). The Bertz CT molecular complexity index is 350. The van der Waals surface area contributed by atoms with Crippen LogP contribution in [0.3, 0.4) is 0 Å². The molecule has 0 saturated carbocycles. The molecule has 0 radical (unpaired) electrons. The molecule has 0 atom stereocenters. The molecule has 0 aliphatic rings. The second-order valence-corrected chi connectivity index (χ2v) is 3.36. The SMILES string of the molecule is CC(=O)NCCOc1ccc(N)cc1C. The molecule has 1 rings (SSSR count). The molecule has 0 spiro atoms. The second-order valence-electron chi connectivity index (χ2n) is 3.36. The largest absolute Gasteiger partial charge is 0.491 e. The fraction of sp³-hybridized carbons (Fsp3) is 0.364. The van der Waals surface area contributed by atoms with E-state index < -0.39 is 0 Å². The zero-order valence-corrected chi connectivity index (χ0v) is 9.04. The van der Waals surface area contributed by atoms with E-state index in [1.54, 1.807) is 6.07 Å². The van der Waals surface area contributed by atoms with Crippen LogP contribution >= 0.6 is 0 Å². The summed E-state index contributed by atoms with van der Waals surface area (Å²) in [5.74, 6) is 0.752. The highest BCUT2D eigenvalue weighted by molar-refractivity contribution is 5.72. The zero-order valence-electron chi connectivity index (χ0n) is 9.04. The molecule has 15 heavy (non-hydrogen) atoms. The molecule has 0 fully saturated rings. The molecule has 0 heterocycles. The lowest BCUT2D eigenvalue weighted by Crippen LogP contribution is -2.25. The molecule has 0 saturated heterocycles. The van der Waals surface area contributed by atoms with Crippen LogP contribution in [0.2, 0.25) is 0 Å². The molecule has 1 aromatic rings. The number of ether oxygens (including phenoxy) is 1. The highest BCUT2D eigenvalue weighted by atomic mass is 16.5. The Balaban J connectivity index is 2.40. The first-order valence-corrected chi connectivity index (χ1v) is 4.83. The fourth-order valence-corrected chi connectivity index (χ4v) is 1.22. The van der Waals surface area contributed by atoms with Crippen LogP contribution in [0.1, 0.15) is 12.5 Å². The predicted octanol–water partition coefficient (Wildman–Crippen LogP) is 1.09. The van der Waals surface area contributed by atoms with Gasteiger partial charge in [-0.15, -0.1) is 0 Å². The average Bonchev–Trinajstić information content (AvgIpc) is 2.14. The first-order valence-electron chi connectivity index (χ1n) is 4.83. The Morgan fingerprint density at radius 3 is 2.87 bits per heavy atom. The van der Waals surface area contributed by atoms with Crippen molar-refractivity contribution in [3.63, 3.8) is 0 Å². The van der Waals surface area contributed by atoms with Crippen LogP contribution in [0.5, 0.6) is 5.75 Å². The Labute approximate surface area is 89.4 Å². The number of hydrogen-bond donors (Lipinski definition) is 2. The summed E-state index contributed by atoms with van der Waals surface area (Å²) in [5, 5.41) is 2.66. The van der Waals surface area contributed by atoms with E-state index in [1.165, 1.54) is 6.92 Å². The molecule has 1 aromatic carbocycles. The maximum atomic E-state index is 10.6. The Morgan fingerprint density at radius 1 is 1.53 bits per heavy atom. The first-order chi connectivity index (χ1) is 7.09. The smallest absolute Gasteiger partial charge is 0.216 e. The van der Waals surface area contributed by atoms with Crippen molar-refractivity contribution in [2.45, 2.75) is 13.8 Å². The van der Waals surface area contributed by atoms with Gasteiger partial charge in [-0.1, -0.05) is 0 Å². The third-order valence-electron chi connectivity index (χ3n) is 1.93. The monoisotopic (exact) mass is 208 g/mol. The van der Waals surface area contributed by atoms with Crippen LogP contribution in [0.4, 0.5) is 5.69 Å². The van der Waals surface area contributed by atoms with E-state index in [4.69, 9.17) is 10.5 Å². The number of hydrogen-bond acceptors (Lipinski definition) is 3. The molecule has 1 amide bonds. The Kier molecular flexibility index (Phi) is 3.97. The highest BCUT2D eigenvalue weighted by Gasteiger charge is 1.99. The molecule has 0 aromatic heterocycles. The summed E-state index contributed by atoms with van der Waals surface area (Å²) < 4.78 is 5.47. The van der Waals surface area contributed by atoms with Crippen LogP contribution in [0, 0.1) is 6.92 Å². The number of benzene rings is 1. The molecule has 3 N–H and O–H groups in total. The van der Waals surface area contributed by atoms with Gasteiger partial charge < -0.3 is 15.8 Å². The Morgan fingerprint density at radius 2 is 2.27 bits per heavy atom. The number of nitrogens with one attached hydrogen (secondary N) is 1. The van der Waals surface area contributed by atoms with Crippen molar-refractivity contribution in [2.24, 2.45) is 0 Å². The summed E-state index contributed by atoms with van der Waals surface area (Å²) in [6.45, 7) is 4.39. The van der Waals surface area contributed by atoms with Crippen LogP contribution < -0.4 is 15.8 Å². The molecule has 0 unspecified atom stereocenters. The van der Waals surface area contributed by atoms with Crippen LogP contribution in [0.15, 0.2) is 18.2 Å². The van der Waals surface area contributed by atoms with Crippen LogP contribution in [-0.2, 0) is 4.79 Å². The van der Waals surface area contributed by atoms with Gasteiger partial charge in [-0.2, -0.15) is 0 Å². The van der Waals surface area contributed by atoms with Gasteiger partial charge in [0.15, 0.2) is 0 Å². The second kappa shape index (κ2) is 5.24. The van der Waals surface area contributed by atoms with Crippen molar-refractivity contribution in [3.8, 4) is 5.75 Å². The van der Waals surface area contributed by atoms with Crippen LogP contribution in [0.25, 0.3) is 0 Å². The molecule has 0 bridgehead atoms. The van der Waals surface area contributed by atoms with Crippen molar-refractivity contribution in [1.29, 1.82) is 0 Å². The van der Waals surface area contributed by atoms with Crippen molar-refractivity contribution in [1.82, 2.24) is 5.32 Å². The highest BCUT2D eigenvalue weighted by Crippen LogP contribution is 2.19. The number of aryl methyl sites for hydroxylation is 1. The number of anilines is 1. The third-order valence-corrected chi connectivity index (χ3v) is 1.93. The molecule has 82 valence electrons. The quantitative estimate of drug-likeness (QED) is 0.575. The van der Waals surface area contributed by atoms with Crippen molar-refractivity contribution >= 4 is 11.6 Å². The van der Waals surface area contributed by atoms with Gasteiger partial charge in [0.05, 0.1) is 6.54 Å². The molecular formula is C11H16N2O2. The minimum Gasteiger partial charge on any atom is -0.491 e. The number of nitrogen functional groups attached to an aromatic ring is 1. The number of amides is 1. The topological polar surface area (TPSA) is 64.3 Å². The summed E-state index contributed by atoms with van der Waals surface area (Å²) in [6.07, 6.45) is 0. The predicted molar refractivity (Wildman–Crippen MR) is 59.8 cm³/mol. The lowest BCUT2D eigenvalue weighted by molar-refractivity contribution is -0.119. The van der Waals surface area contributed by atoms with Gasteiger partial charge in [0, 0.05) is 12.6 Å². The summed E-state index contributed by atoms with van der Waals surface area (Å²) in [6, 6.07) is 5.48. The summed E-state index contributed by atoms with van der Waals surface area (Å²) in [7, 11) is 0. The number of carbonyl (C=O) groups is 1. The minimum absolute atomic E-state index is 0.0485. The fourth-order valence-electron chi connectivity index (χ4n) is 1.22. The summed E-state index contributed by atoms with van der Waals surface area (Å²) >= 11 is 0. The van der Waals surface area contributed by atoms with Crippen LogP contribution in [-0.4, -0.2) is 19.1 Å². The van der Waals surface area contributed by atoms with E-state index in [0.29, 0.717) is 13.2 Å². The maximum absolute atomic E-state index is 10.6. The molecule has 0 aliphatic heterocycles. The maximum Gasteiger partial charge on any atom is 0.216 e. The zero-order chi connectivity index (χ0) is 11.3.